The van der Waals surface area contributed by atoms with Gasteiger partial charge in [-0.15, -0.1) is 0 Å². The molecule has 2 aromatic heterocycles. The lowest BCUT2D eigenvalue weighted by molar-refractivity contribution is -0.0579. The molecule has 1 saturated heterocycles. The molecule has 0 radical (unpaired) electrons. The summed E-state index contributed by atoms with van der Waals surface area (Å²) in [6.45, 7) is -0.0996. The van der Waals surface area contributed by atoms with Crippen LogP contribution in [0.15, 0.2) is 29.2 Å². The molecule has 6 rings (SSSR count). The van der Waals surface area contributed by atoms with Crippen LogP contribution in [0.4, 0.5) is 31.9 Å². The van der Waals surface area contributed by atoms with Gasteiger partial charge in [0.15, 0.2) is 12.4 Å². The number of nitrogens with one attached hydrogen (secondary N) is 2. The summed E-state index contributed by atoms with van der Waals surface area (Å²) in [5.41, 5.74) is 0.958. The van der Waals surface area contributed by atoms with Crippen molar-refractivity contribution in [3.05, 3.63) is 39.8 Å². The Bertz CT molecular complexity index is 1410. The van der Waals surface area contributed by atoms with E-state index in [9.17, 15) is 18.7 Å². The van der Waals surface area contributed by atoms with Crippen molar-refractivity contribution >= 4 is 45.6 Å². The lowest BCUT2D eigenvalue weighted by atomic mass is 10.0. The van der Waals surface area contributed by atoms with Gasteiger partial charge in [0, 0.05) is 24.7 Å². The molecule has 12 heteroatoms. The van der Waals surface area contributed by atoms with Crippen molar-refractivity contribution < 1.29 is 18.6 Å². The first kappa shape index (κ1) is 23.2. The smallest absolute Gasteiger partial charge is 0.301 e. The van der Waals surface area contributed by atoms with Crippen molar-refractivity contribution in [3.8, 4) is 5.75 Å². The van der Waals surface area contributed by atoms with Crippen LogP contribution >= 0.6 is 11.6 Å². The fourth-order valence-electron chi connectivity index (χ4n) is 4.90. The minimum atomic E-state index is -3.11. The molecule has 0 spiro atoms. The molecule has 2 aliphatic heterocycles. The van der Waals surface area contributed by atoms with Crippen LogP contribution in [0.1, 0.15) is 19.3 Å². The summed E-state index contributed by atoms with van der Waals surface area (Å²) in [5.74, 6) is -2.57. The van der Waals surface area contributed by atoms with Crippen molar-refractivity contribution in [1.82, 2.24) is 14.5 Å². The van der Waals surface area contributed by atoms with Crippen LogP contribution in [-0.2, 0) is 7.05 Å². The van der Waals surface area contributed by atoms with Crippen molar-refractivity contribution in [2.75, 3.05) is 35.3 Å². The van der Waals surface area contributed by atoms with Gasteiger partial charge >= 0.3 is 5.92 Å². The number of aliphatic hydroxyl groups is 1. The van der Waals surface area contributed by atoms with Gasteiger partial charge in [0.1, 0.15) is 5.02 Å². The van der Waals surface area contributed by atoms with E-state index in [0.29, 0.717) is 46.2 Å². The molecule has 0 bridgehead atoms. The molecule has 0 amide bonds. The van der Waals surface area contributed by atoms with E-state index in [1.807, 2.05) is 4.90 Å². The minimum Gasteiger partial charge on any atom is -0.480 e. The number of halogens is 3. The van der Waals surface area contributed by atoms with Gasteiger partial charge in [0.2, 0.25) is 11.7 Å². The van der Waals surface area contributed by atoms with E-state index in [-0.39, 0.29) is 30.0 Å². The van der Waals surface area contributed by atoms with Gasteiger partial charge < -0.3 is 29.9 Å². The average molecular weight is 519 g/mol. The summed E-state index contributed by atoms with van der Waals surface area (Å²) in [4.78, 5) is 23.7. The SMILES string of the molecule is Cn1c(=O)c2c(c3cc(Nc4nc(N5CC[C@H]5CO)ncc4Cl)ccc31)N[C@@H](C1CC1)C(F)(F)CO2. The van der Waals surface area contributed by atoms with Crippen molar-refractivity contribution in [2.24, 2.45) is 13.0 Å². The van der Waals surface area contributed by atoms with Crippen LogP contribution in [0.25, 0.3) is 10.9 Å². The van der Waals surface area contributed by atoms with Crippen LogP contribution in [0, 0.1) is 5.92 Å². The molecule has 190 valence electrons. The summed E-state index contributed by atoms with van der Waals surface area (Å²) >= 11 is 6.36. The molecular weight excluding hydrogens is 494 g/mol. The van der Waals surface area contributed by atoms with Gasteiger partial charge in [-0.25, -0.2) is 13.8 Å². The Morgan fingerprint density at radius 3 is 2.83 bits per heavy atom. The Hall–Kier alpha value is -3.18. The van der Waals surface area contributed by atoms with E-state index in [1.54, 1.807) is 25.2 Å². The molecule has 1 aliphatic carbocycles. The Balaban J connectivity index is 1.40. The molecule has 4 heterocycles. The molecule has 1 saturated carbocycles. The molecule has 36 heavy (non-hydrogen) atoms. The molecule has 3 N–H and O–H groups in total. The Morgan fingerprint density at radius 1 is 1.33 bits per heavy atom. The van der Waals surface area contributed by atoms with Gasteiger partial charge in [-0.2, -0.15) is 4.98 Å². The van der Waals surface area contributed by atoms with Crippen LogP contribution in [0.5, 0.6) is 5.75 Å². The molecule has 0 unspecified atom stereocenters. The lowest BCUT2D eigenvalue weighted by Gasteiger charge is -2.39. The number of pyridine rings is 1. The van der Waals surface area contributed by atoms with E-state index in [0.717, 1.165) is 13.0 Å². The molecule has 3 aromatic rings. The zero-order valence-corrected chi connectivity index (χ0v) is 20.2. The number of aromatic nitrogens is 3. The first-order valence-corrected chi connectivity index (χ1v) is 12.3. The van der Waals surface area contributed by atoms with E-state index >= 15 is 0 Å². The third-order valence-corrected chi connectivity index (χ3v) is 7.49. The number of hydrogen-bond donors (Lipinski definition) is 3. The van der Waals surface area contributed by atoms with E-state index in [1.165, 1.54) is 10.8 Å². The Kier molecular flexibility index (Phi) is 5.45. The maximum absolute atomic E-state index is 14.9. The fraction of sp³-hybridized carbons (Fsp3) is 0.458. The van der Waals surface area contributed by atoms with Gasteiger partial charge in [0.25, 0.3) is 5.56 Å². The number of anilines is 4. The summed E-state index contributed by atoms with van der Waals surface area (Å²) in [5, 5.41) is 16.5. The van der Waals surface area contributed by atoms with Gasteiger partial charge in [0.05, 0.1) is 36.1 Å². The highest BCUT2D eigenvalue weighted by atomic mass is 35.5. The number of nitrogens with zero attached hydrogens (tertiary/aromatic N) is 4. The minimum absolute atomic E-state index is 0.0131. The summed E-state index contributed by atoms with van der Waals surface area (Å²) in [7, 11) is 1.58. The molecule has 2 fully saturated rings. The highest BCUT2D eigenvalue weighted by molar-refractivity contribution is 6.33. The number of hydrogen-bond acceptors (Lipinski definition) is 8. The van der Waals surface area contributed by atoms with Gasteiger partial charge in [-0.05, 0) is 43.4 Å². The summed E-state index contributed by atoms with van der Waals surface area (Å²) in [6, 6.07) is 4.12. The lowest BCUT2D eigenvalue weighted by Crippen LogP contribution is -2.50. The molecule has 9 nitrogen and oxygen atoms in total. The largest absolute Gasteiger partial charge is 0.480 e. The maximum atomic E-state index is 14.9. The van der Waals surface area contributed by atoms with Gasteiger partial charge in [-0.3, -0.25) is 4.79 Å². The monoisotopic (exact) mass is 518 g/mol. The predicted octanol–water partition coefficient (Wildman–Crippen LogP) is 3.51. The van der Waals surface area contributed by atoms with E-state index in [2.05, 4.69) is 20.6 Å². The fourth-order valence-corrected chi connectivity index (χ4v) is 5.04. The van der Waals surface area contributed by atoms with E-state index < -0.39 is 24.1 Å². The molecule has 2 atom stereocenters. The van der Waals surface area contributed by atoms with E-state index in [4.69, 9.17) is 16.3 Å². The number of ether oxygens (including phenoxy) is 1. The standard InChI is InChI=1S/C24H25ClF2N6O3/c1-32-17-5-4-13(29-21-16(25)9-28-23(31-21)33-7-6-14(33)10-34)8-15(17)18-19(22(32)35)36-11-24(26,27)20(30-18)12-2-3-12/h4-5,8-9,12,14,20,30,34H,2-3,6-7,10-11H2,1H3,(H,28,29,31)/t14-,20-/m0/s1. The van der Waals surface area contributed by atoms with Crippen molar-refractivity contribution in [3.63, 3.8) is 0 Å². The molecular formula is C24H25ClF2N6O3. The van der Waals surface area contributed by atoms with Crippen molar-refractivity contribution in [1.29, 1.82) is 0 Å². The predicted molar refractivity (Wildman–Crippen MR) is 133 cm³/mol. The van der Waals surface area contributed by atoms with Crippen LogP contribution in [0.2, 0.25) is 5.02 Å². The number of benzene rings is 1. The van der Waals surface area contributed by atoms with Crippen LogP contribution < -0.4 is 25.8 Å². The number of fused-ring (bicyclic) bond motifs is 3. The third kappa shape index (κ3) is 3.81. The van der Waals surface area contributed by atoms with Crippen LogP contribution in [0.3, 0.4) is 0 Å². The second-order valence-electron chi connectivity index (χ2n) is 9.62. The first-order valence-electron chi connectivity index (χ1n) is 11.9. The third-order valence-electron chi connectivity index (χ3n) is 7.22. The quantitative estimate of drug-likeness (QED) is 0.471. The number of aryl methyl sites for hydroxylation is 1. The second kappa shape index (κ2) is 8.45. The highest BCUT2D eigenvalue weighted by Gasteiger charge is 2.51. The topological polar surface area (TPSA) is 105 Å². The summed E-state index contributed by atoms with van der Waals surface area (Å²) in [6.07, 6.45) is 3.77. The van der Waals surface area contributed by atoms with Crippen LogP contribution in [-0.4, -0.2) is 57.4 Å². The molecule has 3 aliphatic rings. The summed E-state index contributed by atoms with van der Waals surface area (Å²) < 4.78 is 36.5. The zero-order valence-electron chi connectivity index (χ0n) is 19.5. The number of rotatable bonds is 5. The normalized spacial score (nSPS) is 22.8. The highest BCUT2D eigenvalue weighted by Crippen LogP contribution is 2.45. The Labute approximate surface area is 210 Å². The number of alkyl halides is 2. The van der Waals surface area contributed by atoms with Crippen molar-refractivity contribution in [2.45, 2.75) is 37.3 Å². The average Bonchev–Trinajstić information content (AvgIpc) is 3.67. The maximum Gasteiger partial charge on any atom is 0.301 e. The number of aliphatic hydroxyl groups excluding tert-OH is 1. The second-order valence-corrected chi connectivity index (χ2v) is 10.0. The Morgan fingerprint density at radius 2 is 2.14 bits per heavy atom. The molecule has 1 aromatic carbocycles. The first-order chi connectivity index (χ1) is 17.3. The van der Waals surface area contributed by atoms with Gasteiger partial charge in [-0.1, -0.05) is 11.6 Å². The zero-order chi connectivity index (χ0) is 25.2.